The minimum atomic E-state index is -0.0751. The molecule has 0 aromatic carbocycles. The zero-order chi connectivity index (χ0) is 15.9. The largest absolute Gasteiger partial charge is 0.338 e. The molecule has 124 valence electrons. The van der Waals surface area contributed by atoms with Gasteiger partial charge >= 0.3 is 6.03 Å². The van der Waals surface area contributed by atoms with Crippen molar-refractivity contribution in [3.63, 3.8) is 0 Å². The van der Waals surface area contributed by atoms with Crippen LogP contribution < -0.4 is 5.32 Å². The van der Waals surface area contributed by atoms with Crippen LogP contribution in [0.25, 0.3) is 0 Å². The Morgan fingerprint density at radius 2 is 1.95 bits per heavy atom. The molecule has 1 aromatic heterocycles. The molecule has 0 unspecified atom stereocenters. The van der Waals surface area contributed by atoms with Crippen LogP contribution in [0.5, 0.6) is 0 Å². The van der Waals surface area contributed by atoms with Gasteiger partial charge in [-0.15, -0.1) is 0 Å². The highest BCUT2D eigenvalue weighted by molar-refractivity contribution is 5.73. The Balaban J connectivity index is 1.70. The van der Waals surface area contributed by atoms with Crippen LogP contribution in [-0.2, 0) is 13.0 Å². The lowest BCUT2D eigenvalue weighted by Gasteiger charge is -2.28. The Kier molecular flexibility index (Phi) is 6.21. The van der Waals surface area contributed by atoms with Gasteiger partial charge < -0.3 is 14.7 Å². The molecule has 0 atom stereocenters. The number of aryl methyl sites for hydroxylation is 1. The third-order valence-corrected chi connectivity index (χ3v) is 4.63. The van der Waals surface area contributed by atoms with Gasteiger partial charge in [-0.1, -0.05) is 38.3 Å². The molecule has 0 saturated heterocycles. The monoisotopic (exact) mass is 308 g/mol. The maximum Gasteiger partial charge on any atom is 0.317 e. The van der Waals surface area contributed by atoms with Crippen LogP contribution in [0.3, 0.4) is 0 Å². The molecule has 0 radical (unpaired) electrons. The van der Waals surface area contributed by atoms with E-state index in [-0.39, 0.29) is 6.03 Å². The topological polar surface area (TPSA) is 71.3 Å². The third kappa shape index (κ3) is 4.71. The fraction of sp³-hybridized carbons (Fsp3) is 0.812. The number of carbonyl (C=O) groups is 1. The van der Waals surface area contributed by atoms with Gasteiger partial charge in [-0.05, 0) is 24.7 Å². The average molecular weight is 308 g/mol. The molecule has 2 rings (SSSR count). The number of aromatic nitrogens is 2. The van der Waals surface area contributed by atoms with Crippen molar-refractivity contribution in [1.29, 1.82) is 0 Å². The van der Waals surface area contributed by atoms with Crippen molar-refractivity contribution in [3.05, 3.63) is 11.7 Å². The normalized spacial score (nSPS) is 21.6. The van der Waals surface area contributed by atoms with Crippen molar-refractivity contribution in [2.45, 2.75) is 58.9 Å². The Hall–Kier alpha value is -1.59. The van der Waals surface area contributed by atoms with E-state index in [0.717, 1.165) is 18.9 Å². The van der Waals surface area contributed by atoms with E-state index in [9.17, 15) is 4.79 Å². The van der Waals surface area contributed by atoms with Gasteiger partial charge in [-0.25, -0.2) is 4.79 Å². The molecule has 1 aromatic rings. The molecule has 1 fully saturated rings. The number of hydrogen-bond acceptors (Lipinski definition) is 4. The minimum absolute atomic E-state index is 0.0751. The van der Waals surface area contributed by atoms with E-state index in [1.54, 1.807) is 11.9 Å². The first kappa shape index (κ1) is 16.8. The first-order valence-corrected chi connectivity index (χ1v) is 8.42. The zero-order valence-electron chi connectivity index (χ0n) is 14.0. The molecule has 0 bridgehead atoms. The molecule has 0 spiro atoms. The van der Waals surface area contributed by atoms with Crippen molar-refractivity contribution in [1.82, 2.24) is 20.4 Å². The second kappa shape index (κ2) is 8.15. The number of hydrogen-bond donors (Lipinski definition) is 1. The summed E-state index contributed by atoms with van der Waals surface area (Å²) >= 11 is 0. The van der Waals surface area contributed by atoms with E-state index in [1.807, 2.05) is 6.92 Å². The fourth-order valence-electron chi connectivity index (χ4n) is 2.98. The van der Waals surface area contributed by atoms with Gasteiger partial charge in [0.15, 0.2) is 5.82 Å². The van der Waals surface area contributed by atoms with Crippen LogP contribution in [0.4, 0.5) is 4.79 Å². The zero-order valence-corrected chi connectivity index (χ0v) is 14.0. The van der Waals surface area contributed by atoms with Gasteiger partial charge in [0.2, 0.25) is 5.89 Å². The maximum absolute atomic E-state index is 12.1. The molecule has 1 aliphatic rings. The van der Waals surface area contributed by atoms with Crippen LogP contribution in [0.2, 0.25) is 0 Å². The average Bonchev–Trinajstić information content (AvgIpc) is 3.00. The first-order valence-electron chi connectivity index (χ1n) is 8.42. The summed E-state index contributed by atoms with van der Waals surface area (Å²) in [6, 6.07) is -0.0751. The summed E-state index contributed by atoms with van der Waals surface area (Å²) in [6.45, 7) is 5.35. The second-order valence-corrected chi connectivity index (χ2v) is 6.30. The molecule has 1 aliphatic carbocycles. The van der Waals surface area contributed by atoms with Crippen LogP contribution in [0, 0.1) is 11.8 Å². The maximum atomic E-state index is 12.1. The molecular weight excluding hydrogens is 280 g/mol. The van der Waals surface area contributed by atoms with E-state index in [2.05, 4.69) is 22.4 Å². The predicted octanol–water partition coefficient (Wildman–Crippen LogP) is 2.99. The number of carbonyl (C=O) groups excluding carboxylic acids is 1. The first-order chi connectivity index (χ1) is 10.6. The van der Waals surface area contributed by atoms with Crippen molar-refractivity contribution < 1.29 is 9.32 Å². The summed E-state index contributed by atoms with van der Waals surface area (Å²) in [5, 5.41) is 6.86. The van der Waals surface area contributed by atoms with Crippen molar-refractivity contribution >= 4 is 6.03 Å². The molecule has 1 N–H and O–H groups in total. The summed E-state index contributed by atoms with van der Waals surface area (Å²) in [5.74, 6) is 2.67. The number of urea groups is 1. The van der Waals surface area contributed by atoms with Gasteiger partial charge in [0.1, 0.15) is 6.54 Å². The number of rotatable bonds is 6. The Morgan fingerprint density at radius 3 is 2.55 bits per heavy atom. The smallest absolute Gasteiger partial charge is 0.317 e. The lowest BCUT2D eigenvalue weighted by molar-refractivity contribution is 0.193. The molecule has 22 heavy (non-hydrogen) atoms. The number of nitrogens with zero attached hydrogens (tertiary/aromatic N) is 3. The predicted molar refractivity (Wildman–Crippen MR) is 84.3 cm³/mol. The standard InChI is InChI=1S/C16H28N4O2/c1-4-12-6-8-13(9-7-12)10-17-16(21)20(3)11-15-18-14(5-2)19-22-15/h12-13H,4-11H2,1-3H3,(H,17,21). The number of amides is 2. The highest BCUT2D eigenvalue weighted by Crippen LogP contribution is 2.30. The van der Waals surface area contributed by atoms with Gasteiger partial charge in [-0.2, -0.15) is 4.98 Å². The van der Waals surface area contributed by atoms with Crippen molar-refractivity contribution in [3.8, 4) is 0 Å². The van der Waals surface area contributed by atoms with Gasteiger partial charge in [-0.3, -0.25) is 0 Å². The van der Waals surface area contributed by atoms with Crippen LogP contribution in [0.1, 0.15) is 57.7 Å². The van der Waals surface area contributed by atoms with Crippen LogP contribution >= 0.6 is 0 Å². The van der Waals surface area contributed by atoms with E-state index in [1.165, 1.54) is 32.1 Å². The van der Waals surface area contributed by atoms with E-state index in [0.29, 0.717) is 24.2 Å². The second-order valence-electron chi connectivity index (χ2n) is 6.30. The third-order valence-electron chi connectivity index (χ3n) is 4.63. The van der Waals surface area contributed by atoms with E-state index < -0.39 is 0 Å². The Morgan fingerprint density at radius 1 is 1.27 bits per heavy atom. The van der Waals surface area contributed by atoms with Gasteiger partial charge in [0.25, 0.3) is 0 Å². The highest BCUT2D eigenvalue weighted by Gasteiger charge is 2.21. The van der Waals surface area contributed by atoms with Crippen LogP contribution in [0.15, 0.2) is 4.52 Å². The SMILES string of the molecule is CCc1noc(CN(C)C(=O)NCC2CCC(CC)CC2)n1. The molecule has 0 aliphatic heterocycles. The van der Waals surface area contributed by atoms with E-state index >= 15 is 0 Å². The van der Waals surface area contributed by atoms with Crippen molar-refractivity contribution in [2.75, 3.05) is 13.6 Å². The molecular formula is C16H28N4O2. The molecule has 6 nitrogen and oxygen atoms in total. The van der Waals surface area contributed by atoms with Gasteiger partial charge in [0, 0.05) is 20.0 Å². The van der Waals surface area contributed by atoms with E-state index in [4.69, 9.17) is 4.52 Å². The quantitative estimate of drug-likeness (QED) is 0.877. The lowest BCUT2D eigenvalue weighted by Crippen LogP contribution is -2.39. The van der Waals surface area contributed by atoms with Gasteiger partial charge in [0.05, 0.1) is 0 Å². The molecule has 1 saturated carbocycles. The van der Waals surface area contributed by atoms with Crippen LogP contribution in [-0.4, -0.2) is 34.7 Å². The Bertz CT molecular complexity index is 466. The summed E-state index contributed by atoms with van der Waals surface area (Å²) in [5.41, 5.74) is 0. The van der Waals surface area contributed by atoms with Crippen molar-refractivity contribution in [2.24, 2.45) is 11.8 Å². The summed E-state index contributed by atoms with van der Waals surface area (Å²) < 4.78 is 5.11. The summed E-state index contributed by atoms with van der Waals surface area (Å²) in [7, 11) is 1.75. The summed E-state index contributed by atoms with van der Waals surface area (Å²) in [4.78, 5) is 17.9. The Labute approximate surface area is 132 Å². The molecule has 2 amide bonds. The molecule has 1 heterocycles. The number of nitrogens with one attached hydrogen (secondary N) is 1. The lowest BCUT2D eigenvalue weighted by atomic mass is 9.81. The minimum Gasteiger partial charge on any atom is -0.338 e. The fourth-order valence-corrected chi connectivity index (χ4v) is 2.98. The summed E-state index contributed by atoms with van der Waals surface area (Å²) in [6.07, 6.45) is 7.08. The highest BCUT2D eigenvalue weighted by atomic mass is 16.5. The molecule has 6 heteroatoms.